The lowest BCUT2D eigenvalue weighted by molar-refractivity contribution is -0.125. The fourth-order valence-electron chi connectivity index (χ4n) is 2.18. The molecule has 0 aliphatic heterocycles. The highest BCUT2D eigenvalue weighted by Gasteiger charge is 2.30. The van der Waals surface area contributed by atoms with Crippen LogP contribution in [0.4, 0.5) is 0 Å². The number of amides is 2. The Morgan fingerprint density at radius 3 is 2.17 bits per heavy atom. The van der Waals surface area contributed by atoms with E-state index in [2.05, 4.69) is 10.6 Å². The highest BCUT2D eigenvalue weighted by Crippen LogP contribution is 2.19. The maximum Gasteiger partial charge on any atom is 0.251 e. The highest BCUT2D eigenvalue weighted by molar-refractivity contribution is 5.97. The minimum absolute atomic E-state index is 0.0281. The van der Waals surface area contributed by atoms with Crippen LogP contribution < -0.4 is 10.6 Å². The molecule has 1 aromatic carbocycles. The third kappa shape index (κ3) is 5.96. The lowest BCUT2D eigenvalue weighted by Gasteiger charge is -2.32. The number of hydrogen-bond acceptors (Lipinski definition) is 3. The molecular weight excluding hydrogens is 304 g/mol. The Bertz CT molecular complexity index is 541. The van der Waals surface area contributed by atoms with E-state index in [0.29, 0.717) is 12.0 Å². The number of carbonyl (C=O) groups excluding carboxylic acids is 2. The predicted octanol–water partition coefficient (Wildman–Crippen LogP) is 2.35. The summed E-state index contributed by atoms with van der Waals surface area (Å²) in [5.74, 6) is -0.217. The number of aliphatic hydroxyl groups is 1. The Morgan fingerprint density at radius 2 is 1.67 bits per heavy atom. The van der Waals surface area contributed by atoms with E-state index in [-0.39, 0.29) is 30.4 Å². The topological polar surface area (TPSA) is 78.4 Å². The van der Waals surface area contributed by atoms with E-state index >= 15 is 0 Å². The quantitative estimate of drug-likeness (QED) is 0.683. The van der Waals surface area contributed by atoms with E-state index in [1.165, 1.54) is 0 Å². The summed E-state index contributed by atoms with van der Waals surface area (Å²) in [7, 11) is 0. The molecule has 3 N–H and O–H groups in total. The first kappa shape index (κ1) is 20.2. The average Bonchev–Trinajstić information content (AvgIpc) is 2.54. The van der Waals surface area contributed by atoms with Gasteiger partial charge in [0.05, 0.1) is 6.61 Å². The number of benzene rings is 1. The lowest BCUT2D eigenvalue weighted by atomic mass is 9.86. The molecule has 2 amide bonds. The van der Waals surface area contributed by atoms with E-state index in [1.807, 2.05) is 40.7 Å². The van der Waals surface area contributed by atoms with Gasteiger partial charge in [-0.15, -0.1) is 0 Å². The van der Waals surface area contributed by atoms with Crippen molar-refractivity contribution >= 4 is 11.8 Å². The van der Waals surface area contributed by atoms with Crippen LogP contribution in [-0.4, -0.2) is 35.6 Å². The second-order valence-corrected chi connectivity index (χ2v) is 7.40. The second-order valence-electron chi connectivity index (χ2n) is 7.40. The van der Waals surface area contributed by atoms with Crippen LogP contribution in [0.1, 0.15) is 51.4 Å². The summed E-state index contributed by atoms with van der Waals surface area (Å²) < 4.78 is 0. The predicted molar refractivity (Wildman–Crippen MR) is 95.6 cm³/mol. The summed E-state index contributed by atoms with van der Waals surface area (Å²) in [6.45, 7) is 9.63. The molecule has 1 aromatic rings. The SMILES string of the molecule is CC(C)C[C@H](NC(=O)c1ccccc1)C(=O)N[C@@H](C)C(C)(C)CO. The van der Waals surface area contributed by atoms with Crippen LogP contribution in [0, 0.1) is 11.3 Å². The summed E-state index contributed by atoms with van der Waals surface area (Å²) in [6, 6.07) is 8.05. The van der Waals surface area contributed by atoms with Crippen molar-refractivity contribution in [2.45, 2.75) is 53.1 Å². The maximum atomic E-state index is 12.6. The largest absolute Gasteiger partial charge is 0.396 e. The van der Waals surface area contributed by atoms with Gasteiger partial charge in [0, 0.05) is 17.0 Å². The average molecular weight is 334 g/mol. The van der Waals surface area contributed by atoms with Crippen LogP contribution in [0.5, 0.6) is 0 Å². The number of aliphatic hydroxyl groups excluding tert-OH is 1. The normalized spacial score (nSPS) is 14.1. The van der Waals surface area contributed by atoms with Gasteiger partial charge in [-0.25, -0.2) is 0 Å². The molecule has 0 spiro atoms. The summed E-state index contributed by atoms with van der Waals surface area (Å²) in [5, 5.41) is 15.2. The first-order valence-corrected chi connectivity index (χ1v) is 8.44. The molecule has 0 heterocycles. The van der Waals surface area contributed by atoms with Gasteiger partial charge in [-0.3, -0.25) is 9.59 Å². The molecule has 0 bridgehead atoms. The maximum absolute atomic E-state index is 12.6. The van der Waals surface area contributed by atoms with Crippen LogP contribution in [0.2, 0.25) is 0 Å². The van der Waals surface area contributed by atoms with Gasteiger partial charge in [0.25, 0.3) is 5.91 Å². The lowest BCUT2D eigenvalue weighted by Crippen LogP contribution is -2.53. The van der Waals surface area contributed by atoms with Gasteiger partial charge in [-0.1, -0.05) is 45.9 Å². The van der Waals surface area contributed by atoms with Crippen molar-refractivity contribution in [1.29, 1.82) is 0 Å². The van der Waals surface area contributed by atoms with Gasteiger partial charge < -0.3 is 15.7 Å². The van der Waals surface area contributed by atoms with Crippen LogP contribution in [0.25, 0.3) is 0 Å². The van der Waals surface area contributed by atoms with Gasteiger partial charge in [0.1, 0.15) is 6.04 Å². The van der Waals surface area contributed by atoms with E-state index in [4.69, 9.17) is 0 Å². The van der Waals surface area contributed by atoms with Gasteiger partial charge in [-0.05, 0) is 31.4 Å². The van der Waals surface area contributed by atoms with Crippen molar-refractivity contribution in [2.75, 3.05) is 6.61 Å². The van der Waals surface area contributed by atoms with Crippen molar-refractivity contribution in [2.24, 2.45) is 11.3 Å². The zero-order chi connectivity index (χ0) is 18.3. The van der Waals surface area contributed by atoms with Gasteiger partial charge in [0.15, 0.2) is 0 Å². The third-order valence-electron chi connectivity index (χ3n) is 4.30. The van der Waals surface area contributed by atoms with Crippen molar-refractivity contribution < 1.29 is 14.7 Å². The Kier molecular flexibility index (Phi) is 7.42. The molecule has 0 radical (unpaired) electrons. The summed E-state index contributed by atoms with van der Waals surface area (Å²) >= 11 is 0. The second kappa shape index (κ2) is 8.83. The third-order valence-corrected chi connectivity index (χ3v) is 4.30. The van der Waals surface area contributed by atoms with Crippen molar-refractivity contribution in [3.05, 3.63) is 35.9 Å². The minimum atomic E-state index is -0.602. The first-order valence-electron chi connectivity index (χ1n) is 8.44. The van der Waals surface area contributed by atoms with Crippen molar-refractivity contribution in [3.8, 4) is 0 Å². The fraction of sp³-hybridized carbons (Fsp3) is 0.579. The zero-order valence-corrected chi connectivity index (χ0v) is 15.3. The summed E-state index contributed by atoms with van der Waals surface area (Å²) in [5.41, 5.74) is 0.101. The molecule has 0 saturated heterocycles. The van der Waals surface area contributed by atoms with Gasteiger partial charge in [-0.2, -0.15) is 0 Å². The standard InChI is InChI=1S/C19H30N2O3/c1-13(2)11-16(18(24)20-14(3)19(4,5)12-22)21-17(23)15-9-7-6-8-10-15/h6-10,13-14,16,22H,11-12H2,1-5H3,(H,20,24)(H,21,23)/t14-,16-/m0/s1. The fourth-order valence-corrected chi connectivity index (χ4v) is 2.18. The van der Waals surface area contributed by atoms with Crippen LogP contribution >= 0.6 is 0 Å². The van der Waals surface area contributed by atoms with Crippen LogP contribution in [0.3, 0.4) is 0 Å². The summed E-state index contributed by atoms with van der Waals surface area (Å²) in [4.78, 5) is 25.0. The van der Waals surface area contributed by atoms with E-state index in [1.54, 1.807) is 24.3 Å². The number of carbonyl (C=O) groups is 2. The molecule has 0 aliphatic carbocycles. The minimum Gasteiger partial charge on any atom is -0.396 e. The monoisotopic (exact) mass is 334 g/mol. The number of hydrogen-bond donors (Lipinski definition) is 3. The molecule has 5 heteroatoms. The molecule has 134 valence electrons. The van der Waals surface area contributed by atoms with E-state index in [0.717, 1.165) is 0 Å². The number of nitrogens with one attached hydrogen (secondary N) is 2. The Morgan fingerprint density at radius 1 is 1.08 bits per heavy atom. The molecule has 1 rings (SSSR count). The van der Waals surface area contributed by atoms with Gasteiger partial charge in [0.2, 0.25) is 5.91 Å². The molecule has 0 aromatic heterocycles. The Labute approximate surface area is 144 Å². The van der Waals surface area contributed by atoms with Crippen LogP contribution in [-0.2, 0) is 4.79 Å². The molecule has 24 heavy (non-hydrogen) atoms. The molecule has 0 fully saturated rings. The molecule has 5 nitrogen and oxygen atoms in total. The molecule has 2 atom stereocenters. The smallest absolute Gasteiger partial charge is 0.251 e. The highest BCUT2D eigenvalue weighted by atomic mass is 16.3. The Balaban J connectivity index is 2.81. The Hall–Kier alpha value is -1.88. The van der Waals surface area contributed by atoms with Crippen LogP contribution in [0.15, 0.2) is 30.3 Å². The van der Waals surface area contributed by atoms with E-state index < -0.39 is 11.5 Å². The molecule has 0 saturated carbocycles. The number of rotatable bonds is 8. The van der Waals surface area contributed by atoms with Crippen molar-refractivity contribution in [1.82, 2.24) is 10.6 Å². The summed E-state index contributed by atoms with van der Waals surface area (Å²) in [6.07, 6.45) is 0.552. The molecular formula is C19H30N2O3. The van der Waals surface area contributed by atoms with E-state index in [9.17, 15) is 14.7 Å². The van der Waals surface area contributed by atoms with Gasteiger partial charge >= 0.3 is 0 Å². The molecule has 0 unspecified atom stereocenters. The molecule has 0 aliphatic rings. The zero-order valence-electron chi connectivity index (χ0n) is 15.3. The first-order chi connectivity index (χ1) is 11.2. The van der Waals surface area contributed by atoms with Crippen molar-refractivity contribution in [3.63, 3.8) is 0 Å².